The first-order valence-electron chi connectivity index (χ1n) is 8.12. The lowest BCUT2D eigenvalue weighted by Crippen LogP contribution is -2.41. The van der Waals surface area contributed by atoms with Gasteiger partial charge in [0.25, 0.3) is 0 Å². The van der Waals surface area contributed by atoms with Gasteiger partial charge in [-0.25, -0.2) is 4.98 Å². The summed E-state index contributed by atoms with van der Waals surface area (Å²) in [5, 5.41) is 10.3. The lowest BCUT2D eigenvalue weighted by Gasteiger charge is -2.10. The van der Waals surface area contributed by atoms with E-state index in [1.165, 1.54) is 23.6 Å². The van der Waals surface area contributed by atoms with Gasteiger partial charge in [-0.2, -0.15) is 0 Å². The summed E-state index contributed by atoms with van der Waals surface area (Å²) in [6, 6.07) is 0. The fourth-order valence-electron chi connectivity index (χ4n) is 2.55. The van der Waals surface area contributed by atoms with Gasteiger partial charge in [0.1, 0.15) is 10.7 Å². The minimum Gasteiger partial charge on any atom is -0.274 e. The maximum Gasteiger partial charge on any atom is 0.248 e. The Kier molecular flexibility index (Phi) is 5.15. The molecule has 3 heterocycles. The molecular weight excluding hydrogens is 372 g/mol. The second-order valence-corrected chi connectivity index (χ2v) is 8.39. The summed E-state index contributed by atoms with van der Waals surface area (Å²) in [5.74, 6) is 0.507. The summed E-state index contributed by atoms with van der Waals surface area (Å²) in [6.45, 7) is 9.60. The molecular formula is C16H20N6O2S2. The number of amides is 2. The summed E-state index contributed by atoms with van der Waals surface area (Å²) >= 11 is 2.92. The van der Waals surface area contributed by atoms with Crippen LogP contribution in [0, 0.1) is 13.8 Å². The molecule has 2 amide bonds. The van der Waals surface area contributed by atoms with Crippen LogP contribution in [0.5, 0.6) is 0 Å². The molecule has 26 heavy (non-hydrogen) atoms. The van der Waals surface area contributed by atoms with Gasteiger partial charge in [-0.05, 0) is 19.4 Å². The summed E-state index contributed by atoms with van der Waals surface area (Å²) in [6.07, 6.45) is 0. The number of aryl methyl sites for hydroxylation is 2. The van der Waals surface area contributed by atoms with Gasteiger partial charge in [0.2, 0.25) is 11.8 Å². The zero-order chi connectivity index (χ0) is 19.0. The molecule has 0 unspecified atom stereocenters. The number of nitrogens with zero attached hydrogens (tertiary/aromatic N) is 4. The number of carbonyl (C=O) groups excluding carboxylic acids is 2. The van der Waals surface area contributed by atoms with Crippen molar-refractivity contribution in [2.45, 2.75) is 45.7 Å². The standard InChI is InChI=1S/C16H20N6O2S2/c1-7(2)13-17-15-12(8(3)9(4)26-15)14-20-21-16(22(13)14)25-6-11(24)19-18-10(5)23/h7H,6H2,1-5H3,(H,18,23)(H,19,24). The number of carbonyl (C=O) groups is 2. The molecule has 0 aliphatic carbocycles. The van der Waals surface area contributed by atoms with E-state index in [1.54, 1.807) is 11.3 Å². The number of thioether (sulfide) groups is 1. The van der Waals surface area contributed by atoms with E-state index in [9.17, 15) is 9.59 Å². The van der Waals surface area contributed by atoms with E-state index in [-0.39, 0.29) is 23.5 Å². The van der Waals surface area contributed by atoms with E-state index in [1.807, 2.05) is 4.40 Å². The zero-order valence-corrected chi connectivity index (χ0v) is 16.8. The molecule has 8 nitrogen and oxygen atoms in total. The highest BCUT2D eigenvalue weighted by Crippen LogP contribution is 2.34. The van der Waals surface area contributed by atoms with Gasteiger partial charge in [-0.15, -0.1) is 21.5 Å². The van der Waals surface area contributed by atoms with Crippen molar-refractivity contribution >= 4 is 50.8 Å². The molecule has 10 heteroatoms. The van der Waals surface area contributed by atoms with Crippen molar-refractivity contribution in [2.24, 2.45) is 0 Å². The van der Waals surface area contributed by atoms with Crippen molar-refractivity contribution in [3.8, 4) is 0 Å². The molecule has 3 rings (SSSR count). The van der Waals surface area contributed by atoms with Gasteiger partial charge in [0.05, 0.1) is 11.1 Å². The maximum atomic E-state index is 11.8. The third-order valence-corrected chi connectivity index (χ3v) is 5.93. The number of hydrogen-bond acceptors (Lipinski definition) is 7. The molecule has 0 saturated carbocycles. The number of hydrogen-bond donors (Lipinski definition) is 2. The molecule has 2 N–H and O–H groups in total. The molecule has 0 aliphatic heterocycles. The lowest BCUT2D eigenvalue weighted by atomic mass is 10.2. The van der Waals surface area contributed by atoms with Crippen molar-refractivity contribution in [1.82, 2.24) is 30.4 Å². The predicted octanol–water partition coefficient (Wildman–Crippen LogP) is 2.34. The molecule has 0 bridgehead atoms. The third-order valence-electron chi connectivity index (χ3n) is 3.90. The number of nitrogens with one attached hydrogen (secondary N) is 2. The summed E-state index contributed by atoms with van der Waals surface area (Å²) in [7, 11) is 0. The van der Waals surface area contributed by atoms with Crippen LogP contribution < -0.4 is 10.9 Å². The molecule has 0 radical (unpaired) electrons. The van der Waals surface area contributed by atoms with Crippen LogP contribution in [0.3, 0.4) is 0 Å². The Labute approximate surface area is 158 Å². The van der Waals surface area contributed by atoms with E-state index in [4.69, 9.17) is 4.98 Å². The highest BCUT2D eigenvalue weighted by atomic mass is 32.2. The Morgan fingerprint density at radius 3 is 2.62 bits per heavy atom. The number of rotatable bonds is 4. The quantitative estimate of drug-likeness (QED) is 0.522. The van der Waals surface area contributed by atoms with Gasteiger partial charge < -0.3 is 0 Å². The largest absolute Gasteiger partial charge is 0.274 e. The average molecular weight is 393 g/mol. The molecule has 3 aromatic heterocycles. The van der Waals surface area contributed by atoms with Crippen molar-refractivity contribution in [1.29, 1.82) is 0 Å². The molecule has 138 valence electrons. The van der Waals surface area contributed by atoms with Crippen molar-refractivity contribution in [2.75, 3.05) is 5.75 Å². The van der Waals surface area contributed by atoms with Gasteiger partial charge in [0, 0.05) is 17.7 Å². The van der Waals surface area contributed by atoms with Crippen molar-refractivity contribution in [3.63, 3.8) is 0 Å². The Bertz CT molecular complexity index is 1010. The summed E-state index contributed by atoms with van der Waals surface area (Å²) in [5.41, 5.74) is 6.54. The molecule has 3 aromatic rings. The average Bonchev–Trinajstić information content (AvgIpc) is 3.11. The topological polar surface area (TPSA) is 101 Å². The highest BCUT2D eigenvalue weighted by Gasteiger charge is 2.21. The molecule has 0 fully saturated rings. The predicted molar refractivity (Wildman–Crippen MR) is 102 cm³/mol. The van der Waals surface area contributed by atoms with E-state index in [0.717, 1.165) is 27.3 Å². The Balaban J connectivity index is 2.00. The Hall–Kier alpha value is -2.20. The lowest BCUT2D eigenvalue weighted by molar-refractivity contribution is -0.126. The fraction of sp³-hybridized carbons (Fsp3) is 0.438. The van der Waals surface area contributed by atoms with Crippen molar-refractivity contribution in [3.05, 3.63) is 16.3 Å². The van der Waals surface area contributed by atoms with Crippen LogP contribution >= 0.6 is 23.1 Å². The maximum absolute atomic E-state index is 11.8. The van der Waals surface area contributed by atoms with E-state index in [2.05, 4.69) is 48.7 Å². The van der Waals surface area contributed by atoms with Crippen LogP contribution in [-0.4, -0.2) is 37.1 Å². The monoisotopic (exact) mass is 392 g/mol. The summed E-state index contributed by atoms with van der Waals surface area (Å²) < 4.78 is 1.93. The number of thiophene rings is 1. The van der Waals surface area contributed by atoms with E-state index in [0.29, 0.717) is 5.16 Å². The second-order valence-electron chi connectivity index (χ2n) is 6.25. The normalized spacial score (nSPS) is 11.5. The molecule has 0 atom stereocenters. The Morgan fingerprint density at radius 1 is 1.23 bits per heavy atom. The molecule has 0 spiro atoms. The first-order valence-corrected chi connectivity index (χ1v) is 9.92. The number of hydrazine groups is 1. The van der Waals surface area contributed by atoms with Crippen LogP contribution in [0.2, 0.25) is 0 Å². The smallest absolute Gasteiger partial charge is 0.248 e. The van der Waals surface area contributed by atoms with Crippen LogP contribution in [0.1, 0.15) is 43.0 Å². The molecule has 0 saturated heterocycles. The minimum absolute atomic E-state index is 0.109. The highest BCUT2D eigenvalue weighted by molar-refractivity contribution is 7.99. The Morgan fingerprint density at radius 2 is 1.96 bits per heavy atom. The SMILES string of the molecule is CC(=O)NNC(=O)CSc1nnc2c3c(C)c(C)sc3nc(C(C)C)n12. The van der Waals surface area contributed by atoms with Gasteiger partial charge in [0.15, 0.2) is 10.8 Å². The second kappa shape index (κ2) is 7.20. The van der Waals surface area contributed by atoms with E-state index < -0.39 is 0 Å². The third kappa shape index (κ3) is 3.38. The first-order chi connectivity index (χ1) is 12.3. The van der Waals surface area contributed by atoms with Gasteiger partial charge >= 0.3 is 0 Å². The van der Waals surface area contributed by atoms with Crippen LogP contribution in [0.25, 0.3) is 15.9 Å². The van der Waals surface area contributed by atoms with Crippen LogP contribution in [0.4, 0.5) is 0 Å². The van der Waals surface area contributed by atoms with Crippen LogP contribution in [0.15, 0.2) is 5.16 Å². The summed E-state index contributed by atoms with van der Waals surface area (Å²) in [4.78, 5) is 29.7. The van der Waals surface area contributed by atoms with E-state index >= 15 is 0 Å². The molecule has 0 aliphatic rings. The van der Waals surface area contributed by atoms with Crippen molar-refractivity contribution < 1.29 is 9.59 Å². The van der Waals surface area contributed by atoms with Crippen LogP contribution in [-0.2, 0) is 9.59 Å². The number of aromatic nitrogens is 4. The number of fused-ring (bicyclic) bond motifs is 3. The van der Waals surface area contributed by atoms with Gasteiger partial charge in [-0.1, -0.05) is 25.6 Å². The minimum atomic E-state index is -0.326. The zero-order valence-electron chi connectivity index (χ0n) is 15.2. The molecule has 0 aromatic carbocycles. The van der Waals surface area contributed by atoms with Gasteiger partial charge in [-0.3, -0.25) is 24.8 Å². The fourth-order valence-corrected chi connectivity index (χ4v) is 4.32. The first kappa shape index (κ1) is 18.6.